The van der Waals surface area contributed by atoms with Crippen LogP contribution in [0.1, 0.15) is 39.0 Å². The highest BCUT2D eigenvalue weighted by molar-refractivity contribution is 5.85. The van der Waals surface area contributed by atoms with Crippen molar-refractivity contribution in [3.8, 4) is 0 Å². The molecule has 0 radical (unpaired) electrons. The predicted molar refractivity (Wildman–Crippen MR) is 74.2 cm³/mol. The lowest BCUT2D eigenvalue weighted by molar-refractivity contribution is -0.151. The Kier molecular flexibility index (Phi) is 3.71. The van der Waals surface area contributed by atoms with E-state index in [9.17, 15) is 14.7 Å². The molecule has 1 saturated carbocycles. The van der Waals surface area contributed by atoms with Gasteiger partial charge in [-0.25, -0.2) is 0 Å². The number of fused-ring (bicyclic) bond motifs is 1. The minimum absolute atomic E-state index is 0.0916. The fraction of sp³-hybridized carbons (Fsp3) is 0.867. The van der Waals surface area contributed by atoms with Crippen molar-refractivity contribution in [2.45, 2.75) is 51.1 Å². The molecule has 5 heteroatoms. The fourth-order valence-corrected chi connectivity index (χ4v) is 4.26. The van der Waals surface area contributed by atoms with E-state index in [4.69, 9.17) is 0 Å². The molecule has 0 aromatic carbocycles. The van der Waals surface area contributed by atoms with Crippen LogP contribution in [0.15, 0.2) is 0 Å². The quantitative estimate of drug-likeness (QED) is 0.825. The molecule has 2 heterocycles. The number of carboxylic acids is 1. The van der Waals surface area contributed by atoms with Crippen molar-refractivity contribution in [1.82, 2.24) is 9.80 Å². The summed E-state index contributed by atoms with van der Waals surface area (Å²) >= 11 is 0. The number of piperazine rings is 1. The molecule has 0 aromatic rings. The predicted octanol–water partition coefficient (Wildman–Crippen LogP) is 1.18. The Morgan fingerprint density at radius 3 is 2.55 bits per heavy atom. The number of carbonyl (C=O) groups excluding carboxylic acids is 1. The van der Waals surface area contributed by atoms with E-state index in [1.807, 2.05) is 4.90 Å². The summed E-state index contributed by atoms with van der Waals surface area (Å²) in [6.45, 7) is 4.99. The normalized spacial score (nSPS) is 38.0. The lowest BCUT2D eigenvalue weighted by atomic mass is 9.93. The number of rotatable bonds is 2. The molecule has 1 aliphatic carbocycles. The van der Waals surface area contributed by atoms with Gasteiger partial charge in [-0.2, -0.15) is 0 Å². The third-order valence-corrected chi connectivity index (χ3v) is 5.37. The second-order valence-corrected chi connectivity index (χ2v) is 6.61. The smallest absolute Gasteiger partial charge is 0.307 e. The summed E-state index contributed by atoms with van der Waals surface area (Å²) in [6, 6.07) is 0.715. The van der Waals surface area contributed by atoms with E-state index in [-0.39, 0.29) is 17.9 Å². The Bertz CT molecular complexity index is 412. The van der Waals surface area contributed by atoms with Gasteiger partial charge in [0, 0.05) is 25.2 Å². The molecule has 20 heavy (non-hydrogen) atoms. The molecule has 3 rings (SSSR count). The van der Waals surface area contributed by atoms with Crippen LogP contribution in [0, 0.1) is 11.8 Å². The van der Waals surface area contributed by atoms with Crippen LogP contribution in [0.4, 0.5) is 0 Å². The van der Waals surface area contributed by atoms with Crippen LogP contribution in [0.25, 0.3) is 0 Å². The zero-order valence-corrected chi connectivity index (χ0v) is 12.1. The zero-order valence-electron chi connectivity index (χ0n) is 12.1. The summed E-state index contributed by atoms with van der Waals surface area (Å²) in [5.74, 6) is -1.46. The van der Waals surface area contributed by atoms with E-state index >= 15 is 0 Å². The van der Waals surface area contributed by atoms with Gasteiger partial charge in [-0.3, -0.25) is 14.5 Å². The third-order valence-electron chi connectivity index (χ3n) is 5.37. The van der Waals surface area contributed by atoms with Crippen molar-refractivity contribution in [2.24, 2.45) is 11.8 Å². The molecule has 1 N–H and O–H groups in total. The van der Waals surface area contributed by atoms with Crippen LogP contribution in [0.5, 0.6) is 0 Å². The van der Waals surface area contributed by atoms with Gasteiger partial charge in [0.1, 0.15) is 0 Å². The Morgan fingerprint density at radius 1 is 1.05 bits per heavy atom. The molecule has 2 aliphatic heterocycles. The molecule has 0 bridgehead atoms. The number of hydrogen-bond donors (Lipinski definition) is 1. The van der Waals surface area contributed by atoms with E-state index in [1.54, 1.807) is 0 Å². The molecule has 4 unspecified atom stereocenters. The topological polar surface area (TPSA) is 60.9 Å². The van der Waals surface area contributed by atoms with Gasteiger partial charge >= 0.3 is 5.97 Å². The van der Waals surface area contributed by atoms with Gasteiger partial charge in [-0.15, -0.1) is 0 Å². The Labute approximate surface area is 119 Å². The molecular weight excluding hydrogens is 256 g/mol. The summed E-state index contributed by atoms with van der Waals surface area (Å²) < 4.78 is 0. The molecule has 112 valence electrons. The number of hydrogen-bond acceptors (Lipinski definition) is 3. The maximum atomic E-state index is 12.8. The van der Waals surface area contributed by atoms with Gasteiger partial charge in [0.05, 0.1) is 11.8 Å². The van der Waals surface area contributed by atoms with Gasteiger partial charge in [-0.05, 0) is 39.2 Å². The highest BCUT2D eigenvalue weighted by Crippen LogP contribution is 2.35. The molecule has 3 aliphatic rings. The summed E-state index contributed by atoms with van der Waals surface area (Å²) in [5, 5.41) is 9.27. The average molecular weight is 280 g/mol. The minimum atomic E-state index is -0.798. The Hall–Kier alpha value is -1.10. The lowest BCUT2D eigenvalue weighted by Crippen LogP contribution is -2.58. The molecule has 1 amide bonds. The van der Waals surface area contributed by atoms with E-state index in [2.05, 4.69) is 11.8 Å². The fourth-order valence-electron chi connectivity index (χ4n) is 4.26. The highest BCUT2D eigenvalue weighted by atomic mass is 16.4. The summed E-state index contributed by atoms with van der Waals surface area (Å²) in [5.41, 5.74) is 0. The second kappa shape index (κ2) is 5.35. The first-order chi connectivity index (χ1) is 9.58. The number of carbonyl (C=O) groups is 2. The van der Waals surface area contributed by atoms with Crippen LogP contribution in [0.3, 0.4) is 0 Å². The molecule has 2 saturated heterocycles. The van der Waals surface area contributed by atoms with Gasteiger partial charge < -0.3 is 10.0 Å². The average Bonchev–Trinajstić information content (AvgIpc) is 3.04. The molecular formula is C15H24N2O3. The zero-order chi connectivity index (χ0) is 14.3. The maximum Gasteiger partial charge on any atom is 0.307 e. The minimum Gasteiger partial charge on any atom is -0.481 e. The number of aliphatic carboxylic acids is 1. The van der Waals surface area contributed by atoms with Crippen molar-refractivity contribution in [1.29, 1.82) is 0 Å². The van der Waals surface area contributed by atoms with Crippen LogP contribution >= 0.6 is 0 Å². The van der Waals surface area contributed by atoms with E-state index in [0.29, 0.717) is 12.5 Å². The third kappa shape index (κ3) is 2.32. The van der Waals surface area contributed by atoms with Gasteiger partial charge in [0.25, 0.3) is 0 Å². The van der Waals surface area contributed by atoms with E-state index < -0.39 is 11.9 Å². The number of amides is 1. The van der Waals surface area contributed by atoms with E-state index in [1.165, 1.54) is 12.8 Å². The Balaban J connectivity index is 1.71. The number of nitrogens with zero attached hydrogens (tertiary/aromatic N) is 2. The largest absolute Gasteiger partial charge is 0.481 e. The number of carboxylic acid groups (broad SMARTS) is 1. The van der Waals surface area contributed by atoms with Crippen molar-refractivity contribution in [2.75, 3.05) is 19.6 Å². The van der Waals surface area contributed by atoms with Gasteiger partial charge in [-0.1, -0.05) is 6.42 Å². The molecule has 5 nitrogen and oxygen atoms in total. The first-order valence-electron chi connectivity index (χ1n) is 7.85. The first kappa shape index (κ1) is 13.9. The van der Waals surface area contributed by atoms with Gasteiger partial charge in [0.2, 0.25) is 5.91 Å². The van der Waals surface area contributed by atoms with Crippen LogP contribution in [0.2, 0.25) is 0 Å². The van der Waals surface area contributed by atoms with Crippen molar-refractivity contribution >= 4 is 11.9 Å². The SMILES string of the molecule is CC1CN2CCCC2CN1C(=O)C1CCCC1C(=O)O. The molecule has 0 spiro atoms. The molecule has 0 aromatic heterocycles. The second-order valence-electron chi connectivity index (χ2n) is 6.61. The summed E-state index contributed by atoms with van der Waals surface area (Å²) in [7, 11) is 0. The standard InChI is InChI=1S/C15H24N2O3/c1-10-8-16-7-3-4-11(16)9-17(10)14(18)12-5-2-6-13(12)15(19)20/h10-13H,2-9H2,1H3,(H,19,20). The van der Waals surface area contributed by atoms with Gasteiger partial charge in [0.15, 0.2) is 0 Å². The highest BCUT2D eigenvalue weighted by Gasteiger charge is 2.43. The first-order valence-corrected chi connectivity index (χ1v) is 7.85. The van der Waals surface area contributed by atoms with Crippen LogP contribution in [-0.2, 0) is 9.59 Å². The molecule has 4 atom stereocenters. The van der Waals surface area contributed by atoms with Crippen molar-refractivity contribution in [3.05, 3.63) is 0 Å². The Morgan fingerprint density at radius 2 is 1.80 bits per heavy atom. The lowest BCUT2D eigenvalue weighted by Gasteiger charge is -2.43. The van der Waals surface area contributed by atoms with Crippen molar-refractivity contribution in [3.63, 3.8) is 0 Å². The monoisotopic (exact) mass is 280 g/mol. The maximum absolute atomic E-state index is 12.8. The molecule has 3 fully saturated rings. The summed E-state index contributed by atoms with van der Waals surface area (Å²) in [6.07, 6.45) is 4.66. The summed E-state index contributed by atoms with van der Waals surface area (Å²) in [4.78, 5) is 28.5. The van der Waals surface area contributed by atoms with Crippen LogP contribution < -0.4 is 0 Å². The van der Waals surface area contributed by atoms with E-state index in [0.717, 1.165) is 32.5 Å². The van der Waals surface area contributed by atoms with Crippen LogP contribution in [-0.4, -0.2) is 58.5 Å². The van der Waals surface area contributed by atoms with Crippen molar-refractivity contribution < 1.29 is 14.7 Å².